The number of para-hydroxylation sites is 2. The van der Waals surface area contributed by atoms with Crippen molar-refractivity contribution in [3.05, 3.63) is 71.4 Å². The van der Waals surface area contributed by atoms with Crippen LogP contribution in [0.5, 0.6) is 0 Å². The summed E-state index contributed by atoms with van der Waals surface area (Å²) in [6.07, 6.45) is 2.48. The molecule has 2 heteroatoms. The van der Waals surface area contributed by atoms with E-state index in [0.717, 1.165) is 13.1 Å². The summed E-state index contributed by atoms with van der Waals surface area (Å²) in [4.78, 5) is 2.50. The fourth-order valence-electron chi connectivity index (χ4n) is 5.01. The van der Waals surface area contributed by atoms with Crippen LogP contribution in [0.15, 0.2) is 60.3 Å². The molecule has 2 aromatic rings. The minimum absolute atomic E-state index is 0.00384. The largest absolute Gasteiger partial charge is 0.344 e. The highest BCUT2D eigenvalue weighted by molar-refractivity contribution is 6.04. The second-order valence-corrected chi connectivity index (χ2v) is 8.69. The summed E-state index contributed by atoms with van der Waals surface area (Å²) in [5, 5.41) is 0. The van der Waals surface area contributed by atoms with Crippen molar-refractivity contribution in [2.24, 2.45) is 0 Å². The Morgan fingerprint density at radius 1 is 0.852 bits per heavy atom. The van der Waals surface area contributed by atoms with Crippen LogP contribution in [0, 0.1) is 0 Å². The van der Waals surface area contributed by atoms with Crippen molar-refractivity contribution < 1.29 is 4.58 Å². The molecule has 0 amide bonds. The van der Waals surface area contributed by atoms with Crippen molar-refractivity contribution >= 4 is 17.1 Å². The van der Waals surface area contributed by atoms with E-state index in [1.165, 1.54) is 33.9 Å². The van der Waals surface area contributed by atoms with Crippen LogP contribution in [0.1, 0.15) is 52.7 Å². The van der Waals surface area contributed by atoms with E-state index in [2.05, 4.69) is 106 Å². The van der Waals surface area contributed by atoms with Gasteiger partial charge in [0.1, 0.15) is 6.54 Å². The fourth-order valence-corrected chi connectivity index (χ4v) is 5.01. The first kappa shape index (κ1) is 18.0. The molecule has 2 aromatic carbocycles. The number of benzene rings is 2. The summed E-state index contributed by atoms with van der Waals surface area (Å²) in [5.41, 5.74) is 8.38. The number of anilines is 1. The quantitative estimate of drug-likeness (QED) is 0.629. The third-order valence-electron chi connectivity index (χ3n) is 6.50. The molecule has 4 rings (SSSR count). The van der Waals surface area contributed by atoms with Gasteiger partial charge in [0.15, 0.2) is 5.71 Å². The van der Waals surface area contributed by atoms with Crippen LogP contribution >= 0.6 is 0 Å². The second-order valence-electron chi connectivity index (χ2n) is 8.69. The van der Waals surface area contributed by atoms with Gasteiger partial charge in [-0.1, -0.05) is 50.2 Å². The molecule has 0 aliphatic carbocycles. The number of fused-ring (bicyclic) bond motifs is 2. The minimum atomic E-state index is 0.00384. The molecule has 0 N–H and O–H groups in total. The Morgan fingerprint density at radius 3 is 2.15 bits per heavy atom. The Morgan fingerprint density at radius 2 is 1.48 bits per heavy atom. The highest BCUT2D eigenvalue weighted by Gasteiger charge is 2.46. The van der Waals surface area contributed by atoms with Crippen LogP contribution in [0.4, 0.5) is 11.4 Å². The maximum Gasteiger partial charge on any atom is 0.209 e. The van der Waals surface area contributed by atoms with E-state index in [9.17, 15) is 0 Å². The molecule has 140 valence electrons. The summed E-state index contributed by atoms with van der Waals surface area (Å²) in [5.74, 6) is 0. The number of allylic oxidation sites excluding steroid dienone is 2. The number of hydrogen-bond donors (Lipinski definition) is 0. The first-order chi connectivity index (χ1) is 12.8. The van der Waals surface area contributed by atoms with Crippen molar-refractivity contribution in [1.82, 2.24) is 0 Å². The molecule has 2 aliphatic rings. The SMILES string of the molecule is CCN1/C(=C/C2=[N+](CC)c3ccccc3C2(C)C)C(C)(C)c2ccccc21. The van der Waals surface area contributed by atoms with Crippen LogP contribution in [-0.2, 0) is 10.8 Å². The smallest absolute Gasteiger partial charge is 0.209 e. The van der Waals surface area contributed by atoms with Gasteiger partial charge in [0.25, 0.3) is 0 Å². The molecule has 2 heterocycles. The fraction of sp³-hybridized carbons (Fsp3) is 0.400. The zero-order chi connectivity index (χ0) is 19.4. The van der Waals surface area contributed by atoms with E-state index in [-0.39, 0.29) is 10.8 Å². The molecule has 0 atom stereocenters. The molecule has 0 saturated carbocycles. The lowest BCUT2D eigenvalue weighted by atomic mass is 9.78. The second kappa shape index (κ2) is 6.09. The first-order valence-electron chi connectivity index (χ1n) is 10.2. The molecule has 0 saturated heterocycles. The average Bonchev–Trinajstić information content (AvgIpc) is 3.01. The highest BCUT2D eigenvalue weighted by Crippen LogP contribution is 2.48. The van der Waals surface area contributed by atoms with Gasteiger partial charge in [-0.2, -0.15) is 4.58 Å². The Hall–Kier alpha value is -2.35. The molecule has 0 radical (unpaired) electrons. The van der Waals surface area contributed by atoms with Crippen molar-refractivity contribution in [3.8, 4) is 0 Å². The van der Waals surface area contributed by atoms with E-state index in [4.69, 9.17) is 0 Å². The molecule has 2 aliphatic heterocycles. The lowest BCUT2D eigenvalue weighted by Crippen LogP contribution is -2.32. The Bertz CT molecular complexity index is 960. The predicted molar refractivity (Wildman–Crippen MR) is 116 cm³/mol. The van der Waals surface area contributed by atoms with Gasteiger partial charge in [-0.25, -0.2) is 0 Å². The van der Waals surface area contributed by atoms with Crippen molar-refractivity contribution in [3.63, 3.8) is 0 Å². The number of rotatable bonds is 3. The van der Waals surface area contributed by atoms with Crippen molar-refractivity contribution in [2.45, 2.75) is 52.4 Å². The monoisotopic (exact) mass is 359 g/mol. The van der Waals surface area contributed by atoms with E-state index < -0.39 is 0 Å². The Labute approximate surface area is 163 Å². The summed E-state index contributed by atoms with van der Waals surface area (Å²) < 4.78 is 2.50. The molecule has 27 heavy (non-hydrogen) atoms. The molecular formula is C25H31N2+. The number of nitrogens with zero attached hydrogens (tertiary/aromatic N) is 2. The lowest BCUT2D eigenvalue weighted by Gasteiger charge is -2.27. The standard InChI is InChI=1S/C25H31N2/c1-7-26-20-15-11-9-13-18(20)24(3,4)22(26)17-23-25(5,6)19-14-10-12-16-21(19)27(23)8-2/h9-17H,7-8H2,1-6H3/q+1. The maximum atomic E-state index is 2.50. The van der Waals surface area contributed by atoms with E-state index >= 15 is 0 Å². The highest BCUT2D eigenvalue weighted by atomic mass is 15.2. The molecule has 0 fully saturated rings. The zero-order valence-electron chi connectivity index (χ0n) is 17.5. The van der Waals surface area contributed by atoms with E-state index in [1.807, 2.05) is 0 Å². The van der Waals surface area contributed by atoms with Crippen LogP contribution in [-0.4, -0.2) is 23.4 Å². The van der Waals surface area contributed by atoms with Crippen molar-refractivity contribution in [1.29, 1.82) is 0 Å². The van der Waals surface area contributed by atoms with E-state index in [0.29, 0.717) is 0 Å². The van der Waals surface area contributed by atoms with Gasteiger partial charge >= 0.3 is 0 Å². The van der Waals surface area contributed by atoms with Gasteiger partial charge in [0.05, 0.1) is 5.41 Å². The van der Waals surface area contributed by atoms with Crippen molar-refractivity contribution in [2.75, 3.05) is 18.0 Å². The summed E-state index contributed by atoms with van der Waals surface area (Å²) in [6.45, 7) is 15.9. The maximum absolute atomic E-state index is 2.50. The average molecular weight is 360 g/mol. The van der Waals surface area contributed by atoms with Gasteiger partial charge in [-0.3, -0.25) is 0 Å². The Kier molecular flexibility index (Phi) is 4.06. The van der Waals surface area contributed by atoms with E-state index in [1.54, 1.807) is 0 Å². The van der Waals surface area contributed by atoms with Gasteiger partial charge in [-0.15, -0.1) is 0 Å². The molecule has 0 spiro atoms. The van der Waals surface area contributed by atoms with Crippen LogP contribution in [0.2, 0.25) is 0 Å². The minimum Gasteiger partial charge on any atom is -0.344 e. The summed E-state index contributed by atoms with van der Waals surface area (Å²) >= 11 is 0. The summed E-state index contributed by atoms with van der Waals surface area (Å²) in [6, 6.07) is 17.7. The zero-order valence-corrected chi connectivity index (χ0v) is 17.5. The predicted octanol–water partition coefficient (Wildman–Crippen LogP) is 5.78. The molecule has 0 unspecified atom stereocenters. The normalized spacial score (nSPS) is 21.0. The topological polar surface area (TPSA) is 6.25 Å². The molecular weight excluding hydrogens is 328 g/mol. The van der Waals surface area contributed by atoms with Gasteiger partial charge in [0, 0.05) is 41.1 Å². The van der Waals surface area contributed by atoms with Gasteiger partial charge in [-0.05, 0) is 39.3 Å². The summed E-state index contributed by atoms with van der Waals surface area (Å²) in [7, 11) is 0. The molecule has 0 bridgehead atoms. The first-order valence-corrected chi connectivity index (χ1v) is 10.2. The van der Waals surface area contributed by atoms with Gasteiger partial charge < -0.3 is 4.90 Å². The van der Waals surface area contributed by atoms with Crippen LogP contribution in [0.25, 0.3) is 0 Å². The third kappa shape index (κ3) is 2.42. The third-order valence-corrected chi connectivity index (χ3v) is 6.50. The molecule has 0 aromatic heterocycles. The van der Waals surface area contributed by atoms with Gasteiger partial charge in [0.2, 0.25) is 5.69 Å². The Balaban J connectivity index is 1.94. The van der Waals surface area contributed by atoms with Crippen LogP contribution < -0.4 is 4.90 Å². The number of likely N-dealkylation sites (N-methyl/N-ethyl adjacent to an activating group) is 1. The number of hydrogen-bond acceptors (Lipinski definition) is 1. The van der Waals surface area contributed by atoms with Crippen LogP contribution in [0.3, 0.4) is 0 Å². The molecule has 2 nitrogen and oxygen atoms in total. The lowest BCUT2D eigenvalue weighted by molar-refractivity contribution is -0.433.